The smallest absolute Gasteiger partial charge is 0.202 e. The van der Waals surface area contributed by atoms with Gasteiger partial charge < -0.3 is 9.47 Å². The Balaban J connectivity index is 2.01. The van der Waals surface area contributed by atoms with Crippen molar-refractivity contribution in [1.29, 1.82) is 0 Å². The van der Waals surface area contributed by atoms with Gasteiger partial charge in [-0.2, -0.15) is 0 Å². The molecule has 0 aliphatic carbocycles. The van der Waals surface area contributed by atoms with Gasteiger partial charge in [-0.25, -0.2) is 0 Å². The molecule has 0 N–H and O–H groups in total. The van der Waals surface area contributed by atoms with E-state index in [0.29, 0.717) is 31.1 Å². The fourth-order valence-corrected chi connectivity index (χ4v) is 2.47. The summed E-state index contributed by atoms with van der Waals surface area (Å²) in [6.07, 6.45) is 2.55. The molecule has 1 unspecified atom stereocenters. The predicted octanol–water partition coefficient (Wildman–Crippen LogP) is 2.01. The second-order valence-corrected chi connectivity index (χ2v) is 5.50. The lowest BCUT2D eigenvalue weighted by Gasteiger charge is -2.19. The van der Waals surface area contributed by atoms with Gasteiger partial charge in [-0.05, 0) is 24.1 Å². The van der Waals surface area contributed by atoms with E-state index in [1.165, 1.54) is 6.92 Å². The van der Waals surface area contributed by atoms with Gasteiger partial charge in [0.1, 0.15) is 13.2 Å². The Bertz CT molecular complexity index is 473. The van der Waals surface area contributed by atoms with Crippen molar-refractivity contribution in [2.45, 2.75) is 13.3 Å². The third kappa shape index (κ3) is 3.99. The normalized spacial score (nSPS) is 14.8. The highest BCUT2D eigenvalue weighted by Crippen LogP contribution is 2.31. The van der Waals surface area contributed by atoms with Gasteiger partial charge in [-0.3, -0.25) is 9.59 Å². The Morgan fingerprint density at radius 3 is 2.79 bits per heavy atom. The fourth-order valence-electron chi connectivity index (χ4n) is 1.85. The number of carbonyl (C=O) groups excluding carboxylic acids is 2. The van der Waals surface area contributed by atoms with E-state index in [1.54, 1.807) is 0 Å². The molecule has 1 aliphatic heterocycles. The lowest BCUT2D eigenvalue weighted by Crippen LogP contribution is -2.16. The van der Waals surface area contributed by atoms with Crippen LogP contribution in [0.1, 0.15) is 12.5 Å². The molecule has 0 bridgehead atoms. The maximum Gasteiger partial charge on any atom is 0.202 e. The first kappa shape index (κ1) is 13.9. The molecule has 4 nitrogen and oxygen atoms in total. The van der Waals surface area contributed by atoms with Gasteiger partial charge in [0.25, 0.3) is 0 Å². The molecule has 0 amide bonds. The van der Waals surface area contributed by atoms with Gasteiger partial charge >= 0.3 is 0 Å². The first-order valence-electron chi connectivity index (χ1n) is 6.08. The molecule has 1 aliphatic rings. The van der Waals surface area contributed by atoms with Crippen LogP contribution in [0.15, 0.2) is 18.2 Å². The van der Waals surface area contributed by atoms with Gasteiger partial charge in [-0.15, -0.1) is 0 Å². The van der Waals surface area contributed by atoms with E-state index in [4.69, 9.17) is 9.47 Å². The zero-order chi connectivity index (χ0) is 13.7. The van der Waals surface area contributed by atoms with Gasteiger partial charge in [0.05, 0.1) is 0 Å². The first-order chi connectivity index (χ1) is 9.19. The van der Waals surface area contributed by atoms with E-state index >= 15 is 0 Å². The molecule has 19 heavy (non-hydrogen) atoms. The van der Waals surface area contributed by atoms with E-state index in [-0.39, 0.29) is 11.0 Å². The molecule has 1 radical (unpaired) electrons. The molecule has 0 saturated heterocycles. The Labute approximate surface area is 116 Å². The summed E-state index contributed by atoms with van der Waals surface area (Å²) in [5.74, 6) is 1.64. The van der Waals surface area contributed by atoms with Crippen LogP contribution < -0.4 is 9.47 Å². The summed E-state index contributed by atoms with van der Waals surface area (Å²) in [4.78, 5) is 21.8. The van der Waals surface area contributed by atoms with E-state index in [0.717, 1.165) is 23.1 Å². The number of fused-ring (bicyclic) bond motifs is 1. The van der Waals surface area contributed by atoms with Gasteiger partial charge in [0.2, 0.25) is 6.29 Å². The molecule has 1 heterocycles. The standard InChI is InChI=1S/C14H15O4S/c1-10(16)19-9-12(8-15)6-11-2-3-13-14(7-11)18-5-4-17-13/h2-3,7,12H,4-6,9H2,1H3. The molecular formula is C14H15O4S. The van der Waals surface area contributed by atoms with Crippen LogP contribution in [-0.2, 0) is 16.0 Å². The third-order valence-corrected chi connectivity index (χ3v) is 3.72. The molecule has 0 saturated carbocycles. The summed E-state index contributed by atoms with van der Waals surface area (Å²) < 4.78 is 10.9. The number of hydrogen-bond acceptors (Lipinski definition) is 5. The van der Waals surface area contributed by atoms with Crippen molar-refractivity contribution in [1.82, 2.24) is 0 Å². The molecule has 0 spiro atoms. The van der Waals surface area contributed by atoms with Gasteiger partial charge in [0.15, 0.2) is 16.6 Å². The molecular weight excluding hydrogens is 264 g/mol. The van der Waals surface area contributed by atoms with Crippen molar-refractivity contribution in [3.8, 4) is 11.5 Å². The predicted molar refractivity (Wildman–Crippen MR) is 73.5 cm³/mol. The summed E-state index contributed by atoms with van der Waals surface area (Å²) >= 11 is 1.15. The first-order valence-corrected chi connectivity index (χ1v) is 7.07. The van der Waals surface area contributed by atoms with E-state index < -0.39 is 0 Å². The molecule has 1 aromatic rings. The minimum absolute atomic E-state index is 0.0161. The van der Waals surface area contributed by atoms with Crippen molar-refractivity contribution >= 4 is 23.2 Å². The monoisotopic (exact) mass is 279 g/mol. The molecule has 101 valence electrons. The Morgan fingerprint density at radius 1 is 1.37 bits per heavy atom. The quantitative estimate of drug-likeness (QED) is 0.825. The highest BCUT2D eigenvalue weighted by molar-refractivity contribution is 8.13. The molecule has 0 aromatic heterocycles. The number of carbonyl (C=O) groups is 1. The minimum Gasteiger partial charge on any atom is -0.486 e. The van der Waals surface area contributed by atoms with E-state index in [2.05, 4.69) is 0 Å². The minimum atomic E-state index is -0.281. The molecule has 1 aromatic carbocycles. The van der Waals surface area contributed by atoms with Crippen LogP contribution in [0.25, 0.3) is 0 Å². The highest BCUT2D eigenvalue weighted by atomic mass is 32.2. The van der Waals surface area contributed by atoms with Gasteiger partial charge in [0, 0.05) is 18.6 Å². The van der Waals surface area contributed by atoms with Crippen molar-refractivity contribution in [3.63, 3.8) is 0 Å². The third-order valence-electron chi connectivity index (χ3n) is 2.74. The number of hydrogen-bond donors (Lipinski definition) is 0. The van der Waals surface area contributed by atoms with Crippen LogP contribution in [0.4, 0.5) is 0 Å². The van der Waals surface area contributed by atoms with Crippen molar-refractivity contribution in [2.75, 3.05) is 19.0 Å². The Morgan fingerprint density at radius 2 is 2.11 bits per heavy atom. The molecule has 2 rings (SSSR count). The van der Waals surface area contributed by atoms with Crippen molar-refractivity contribution < 1.29 is 19.1 Å². The largest absolute Gasteiger partial charge is 0.486 e. The van der Waals surface area contributed by atoms with Gasteiger partial charge in [-0.1, -0.05) is 17.8 Å². The van der Waals surface area contributed by atoms with Crippen LogP contribution in [0.2, 0.25) is 0 Å². The SMILES string of the molecule is CC(=O)SCC([C]=O)Cc1ccc2c(c1)OCCO2. The number of rotatable bonds is 5. The van der Waals surface area contributed by atoms with Crippen LogP contribution in [-0.4, -0.2) is 30.4 Å². The van der Waals surface area contributed by atoms with Crippen molar-refractivity contribution in [3.05, 3.63) is 23.8 Å². The zero-order valence-electron chi connectivity index (χ0n) is 10.7. The lowest BCUT2D eigenvalue weighted by atomic mass is 10.0. The van der Waals surface area contributed by atoms with Crippen LogP contribution in [0.5, 0.6) is 11.5 Å². The summed E-state index contributed by atoms with van der Waals surface area (Å²) in [5, 5.41) is 0.0161. The highest BCUT2D eigenvalue weighted by Gasteiger charge is 2.15. The summed E-state index contributed by atoms with van der Waals surface area (Å²) in [7, 11) is 0. The van der Waals surface area contributed by atoms with Crippen LogP contribution in [0, 0.1) is 5.92 Å². The summed E-state index contributed by atoms with van der Waals surface area (Å²) in [6.45, 7) is 2.60. The van der Waals surface area contributed by atoms with Crippen molar-refractivity contribution in [2.24, 2.45) is 5.92 Å². The second kappa shape index (κ2) is 6.61. The lowest BCUT2D eigenvalue weighted by molar-refractivity contribution is -0.109. The Hall–Kier alpha value is -1.49. The Kier molecular flexibility index (Phi) is 4.85. The van der Waals surface area contributed by atoms with E-state index in [9.17, 15) is 9.59 Å². The average Bonchev–Trinajstić information content (AvgIpc) is 2.43. The second-order valence-electron chi connectivity index (χ2n) is 4.30. The number of benzene rings is 1. The topological polar surface area (TPSA) is 52.6 Å². The van der Waals surface area contributed by atoms with Crippen LogP contribution in [0.3, 0.4) is 0 Å². The number of thioether (sulfide) groups is 1. The molecule has 1 atom stereocenters. The fraction of sp³-hybridized carbons (Fsp3) is 0.429. The average molecular weight is 279 g/mol. The molecule has 5 heteroatoms. The summed E-state index contributed by atoms with van der Waals surface area (Å²) in [6, 6.07) is 5.65. The van der Waals surface area contributed by atoms with E-state index in [1.807, 2.05) is 24.5 Å². The maximum absolute atomic E-state index is 10.9. The van der Waals surface area contributed by atoms with Crippen LogP contribution >= 0.6 is 11.8 Å². The number of ether oxygens (including phenoxy) is 2. The maximum atomic E-state index is 10.9. The zero-order valence-corrected chi connectivity index (χ0v) is 11.5. The summed E-state index contributed by atoms with van der Waals surface area (Å²) in [5.41, 5.74) is 0.988. The molecule has 0 fully saturated rings.